The summed E-state index contributed by atoms with van der Waals surface area (Å²) in [5.41, 5.74) is 8.69. The normalized spacial score (nSPS) is 38.3. The van der Waals surface area contributed by atoms with E-state index in [0.717, 1.165) is 47.5 Å². The maximum atomic E-state index is 10.8. The summed E-state index contributed by atoms with van der Waals surface area (Å²) in [6, 6.07) is 2.53. The standard InChI is InChI=1S/C18H24N4O/c19-8-13-9-21-17-14(1-2-20-17)16(13)22-15-11-3-10-4-12(15)7-18(23,5-10)6-11/h1-2,9-12,15,23H,3-8,19H2,(H2,20,21,22)/t10?,11?,12?,15-,18+. The fourth-order valence-corrected chi connectivity index (χ4v) is 5.76. The number of aliphatic hydroxyl groups is 1. The zero-order valence-corrected chi connectivity index (χ0v) is 13.3. The van der Waals surface area contributed by atoms with Crippen molar-refractivity contribution in [1.29, 1.82) is 0 Å². The van der Waals surface area contributed by atoms with Crippen LogP contribution in [-0.4, -0.2) is 26.7 Å². The number of anilines is 1. The Labute approximate surface area is 135 Å². The molecule has 0 saturated heterocycles. The first-order valence-corrected chi connectivity index (χ1v) is 8.79. The van der Waals surface area contributed by atoms with E-state index in [1.165, 1.54) is 12.8 Å². The lowest BCUT2D eigenvalue weighted by atomic mass is 9.52. The Bertz CT molecular complexity index is 739. The average molecular weight is 312 g/mol. The van der Waals surface area contributed by atoms with Crippen LogP contribution in [0.25, 0.3) is 11.0 Å². The van der Waals surface area contributed by atoms with Crippen LogP contribution in [0, 0.1) is 17.8 Å². The minimum absolute atomic E-state index is 0.382. The van der Waals surface area contributed by atoms with Crippen LogP contribution in [0.4, 0.5) is 5.69 Å². The number of aromatic amines is 1. The molecule has 0 radical (unpaired) electrons. The number of rotatable bonds is 3. The molecule has 0 aromatic carbocycles. The van der Waals surface area contributed by atoms with Crippen molar-refractivity contribution in [3.05, 3.63) is 24.0 Å². The third kappa shape index (κ3) is 2.03. The molecule has 4 bridgehead atoms. The predicted octanol–water partition coefficient (Wildman–Crippen LogP) is 2.37. The van der Waals surface area contributed by atoms with E-state index in [1.54, 1.807) is 0 Å². The van der Waals surface area contributed by atoms with E-state index in [4.69, 9.17) is 5.73 Å². The number of aromatic nitrogens is 2. The maximum Gasteiger partial charge on any atom is 0.139 e. The number of hydrogen-bond donors (Lipinski definition) is 4. The second-order valence-electron chi connectivity index (χ2n) is 7.97. The van der Waals surface area contributed by atoms with E-state index in [1.807, 2.05) is 12.4 Å². The number of H-pyrrole nitrogens is 1. The molecule has 4 saturated carbocycles. The second-order valence-corrected chi connectivity index (χ2v) is 7.97. The van der Waals surface area contributed by atoms with Gasteiger partial charge in [0.15, 0.2) is 0 Å². The van der Waals surface area contributed by atoms with Crippen LogP contribution in [-0.2, 0) is 6.54 Å². The first kappa shape index (κ1) is 13.8. The molecule has 4 aliphatic rings. The van der Waals surface area contributed by atoms with Crippen LogP contribution in [0.15, 0.2) is 18.5 Å². The van der Waals surface area contributed by atoms with Crippen molar-refractivity contribution in [1.82, 2.24) is 9.97 Å². The van der Waals surface area contributed by atoms with Gasteiger partial charge in [-0.2, -0.15) is 0 Å². The number of nitrogens with one attached hydrogen (secondary N) is 2. The van der Waals surface area contributed by atoms with Gasteiger partial charge >= 0.3 is 0 Å². The van der Waals surface area contributed by atoms with Gasteiger partial charge in [-0.15, -0.1) is 0 Å². The molecule has 4 aliphatic carbocycles. The van der Waals surface area contributed by atoms with Gasteiger partial charge in [0.2, 0.25) is 0 Å². The molecular weight excluding hydrogens is 288 g/mol. The fourth-order valence-electron chi connectivity index (χ4n) is 5.76. The minimum Gasteiger partial charge on any atom is -0.390 e. The summed E-state index contributed by atoms with van der Waals surface area (Å²) < 4.78 is 0. The molecule has 5 heteroatoms. The van der Waals surface area contributed by atoms with Gasteiger partial charge in [0.1, 0.15) is 5.65 Å². The monoisotopic (exact) mass is 312 g/mol. The second kappa shape index (κ2) is 4.71. The summed E-state index contributed by atoms with van der Waals surface area (Å²) in [4.78, 5) is 7.64. The molecule has 2 heterocycles. The van der Waals surface area contributed by atoms with E-state index in [9.17, 15) is 5.11 Å². The van der Waals surface area contributed by atoms with Crippen LogP contribution < -0.4 is 11.1 Å². The van der Waals surface area contributed by atoms with Crippen LogP contribution in [0.5, 0.6) is 0 Å². The molecule has 0 amide bonds. The lowest BCUT2D eigenvalue weighted by Gasteiger charge is -2.58. The highest BCUT2D eigenvalue weighted by Crippen LogP contribution is 2.56. The Hall–Kier alpha value is -1.59. The largest absolute Gasteiger partial charge is 0.390 e. The minimum atomic E-state index is -0.382. The van der Waals surface area contributed by atoms with Crippen molar-refractivity contribution in [2.24, 2.45) is 23.5 Å². The first-order valence-electron chi connectivity index (χ1n) is 8.79. The Morgan fingerprint density at radius 2 is 2.09 bits per heavy atom. The molecule has 0 aliphatic heterocycles. The number of nitrogens with two attached hydrogens (primary N) is 1. The Morgan fingerprint density at radius 3 is 2.78 bits per heavy atom. The zero-order valence-electron chi connectivity index (χ0n) is 13.3. The van der Waals surface area contributed by atoms with Crippen LogP contribution in [0.2, 0.25) is 0 Å². The summed E-state index contributed by atoms with van der Waals surface area (Å²) in [5, 5.41) is 15.7. The highest BCUT2D eigenvalue weighted by molar-refractivity contribution is 5.91. The van der Waals surface area contributed by atoms with Gasteiger partial charge in [-0.1, -0.05) is 0 Å². The molecule has 2 atom stereocenters. The average Bonchev–Trinajstić information content (AvgIpc) is 2.98. The van der Waals surface area contributed by atoms with Crippen molar-refractivity contribution in [3.8, 4) is 0 Å². The fraction of sp³-hybridized carbons (Fsp3) is 0.611. The number of fused-ring (bicyclic) bond motifs is 1. The van der Waals surface area contributed by atoms with E-state index in [2.05, 4.69) is 21.4 Å². The van der Waals surface area contributed by atoms with Crippen LogP contribution >= 0.6 is 0 Å². The van der Waals surface area contributed by atoms with Crippen molar-refractivity contribution >= 4 is 16.7 Å². The molecule has 2 aromatic rings. The third-order valence-electron chi connectivity index (χ3n) is 6.44. The summed E-state index contributed by atoms with van der Waals surface area (Å²) in [6.45, 7) is 0.491. The molecular formula is C18H24N4O. The molecule has 23 heavy (non-hydrogen) atoms. The molecule has 6 rings (SSSR count). The lowest BCUT2D eigenvalue weighted by molar-refractivity contribution is -0.129. The van der Waals surface area contributed by atoms with Gasteiger partial charge in [-0.25, -0.2) is 4.98 Å². The van der Waals surface area contributed by atoms with Gasteiger partial charge < -0.3 is 21.1 Å². The Balaban J connectivity index is 1.52. The zero-order chi connectivity index (χ0) is 15.6. The van der Waals surface area contributed by atoms with Crippen molar-refractivity contribution < 1.29 is 5.11 Å². The molecule has 5 nitrogen and oxygen atoms in total. The molecule has 122 valence electrons. The topological polar surface area (TPSA) is 87.0 Å². The molecule has 0 spiro atoms. The van der Waals surface area contributed by atoms with Crippen LogP contribution in [0.3, 0.4) is 0 Å². The smallest absolute Gasteiger partial charge is 0.139 e. The van der Waals surface area contributed by atoms with Crippen molar-refractivity contribution in [2.45, 2.75) is 50.3 Å². The quantitative estimate of drug-likeness (QED) is 0.701. The summed E-state index contributed by atoms with van der Waals surface area (Å²) in [6.07, 6.45) is 9.27. The van der Waals surface area contributed by atoms with E-state index in [0.29, 0.717) is 24.4 Å². The van der Waals surface area contributed by atoms with Gasteiger partial charge in [0, 0.05) is 35.9 Å². The molecule has 2 unspecified atom stereocenters. The predicted molar refractivity (Wildman–Crippen MR) is 89.9 cm³/mol. The van der Waals surface area contributed by atoms with Gasteiger partial charge in [0.05, 0.1) is 11.3 Å². The Morgan fingerprint density at radius 1 is 1.30 bits per heavy atom. The van der Waals surface area contributed by atoms with Gasteiger partial charge in [0.25, 0.3) is 0 Å². The lowest BCUT2D eigenvalue weighted by Crippen LogP contribution is -2.59. The molecule has 5 N–H and O–H groups in total. The van der Waals surface area contributed by atoms with Gasteiger partial charge in [-0.05, 0) is 55.9 Å². The summed E-state index contributed by atoms with van der Waals surface area (Å²) >= 11 is 0. The number of nitrogens with zero attached hydrogens (tertiary/aromatic N) is 1. The summed E-state index contributed by atoms with van der Waals surface area (Å²) in [5.74, 6) is 1.90. The molecule has 2 aromatic heterocycles. The third-order valence-corrected chi connectivity index (χ3v) is 6.44. The van der Waals surface area contributed by atoms with E-state index < -0.39 is 0 Å². The number of hydrogen-bond acceptors (Lipinski definition) is 4. The van der Waals surface area contributed by atoms with Crippen molar-refractivity contribution in [3.63, 3.8) is 0 Å². The summed E-state index contributed by atoms with van der Waals surface area (Å²) in [7, 11) is 0. The molecule has 4 fully saturated rings. The first-order chi connectivity index (χ1) is 11.1. The Kier molecular flexibility index (Phi) is 2.83. The highest BCUT2D eigenvalue weighted by Gasteiger charge is 2.54. The SMILES string of the molecule is NCc1cnc2[nH]ccc2c1N[C@H]1C2CC3CC1C[C@@](O)(C3)C2. The van der Waals surface area contributed by atoms with E-state index in [-0.39, 0.29) is 5.60 Å². The van der Waals surface area contributed by atoms with Gasteiger partial charge in [-0.3, -0.25) is 0 Å². The number of pyridine rings is 1. The van der Waals surface area contributed by atoms with Crippen LogP contribution in [0.1, 0.15) is 37.7 Å². The van der Waals surface area contributed by atoms with Crippen molar-refractivity contribution in [2.75, 3.05) is 5.32 Å². The van der Waals surface area contributed by atoms with E-state index >= 15 is 0 Å². The highest BCUT2D eigenvalue weighted by atomic mass is 16.3. The maximum absolute atomic E-state index is 10.8.